The lowest BCUT2D eigenvalue weighted by molar-refractivity contribution is -0.126. The van der Waals surface area contributed by atoms with Gasteiger partial charge in [-0.3, -0.25) is 9.59 Å². The van der Waals surface area contributed by atoms with Crippen LogP contribution in [0.2, 0.25) is 0 Å². The maximum atomic E-state index is 13.1. The van der Waals surface area contributed by atoms with Gasteiger partial charge in [0.15, 0.2) is 0 Å². The van der Waals surface area contributed by atoms with Gasteiger partial charge in [-0.05, 0) is 78.4 Å². The number of hydrogen-bond acceptors (Lipinski definition) is 5. The standard InChI is InChI=1S/C25H24F3N5O2S/c26-25(27,28)36-20-5-1-16(2-6-20)3-8-23(34)32-11-9-18-14-33(15-19(18)10-12-32)24(35)17-4-7-21-22(13-17)30-31-29-21/h1-8,13,18-19H,9-12,14-15H2,(H,29,30,31)/b8-3+. The first-order valence-electron chi connectivity index (χ1n) is 11.7. The number of nitrogens with zero attached hydrogens (tertiary/aromatic N) is 4. The fourth-order valence-corrected chi connectivity index (χ4v) is 5.48. The van der Waals surface area contributed by atoms with Crippen molar-refractivity contribution < 1.29 is 22.8 Å². The van der Waals surface area contributed by atoms with E-state index in [1.165, 1.54) is 18.2 Å². The zero-order valence-electron chi connectivity index (χ0n) is 19.2. The van der Waals surface area contributed by atoms with Crippen LogP contribution in [0.1, 0.15) is 28.8 Å². The Labute approximate surface area is 209 Å². The molecule has 0 aliphatic carbocycles. The van der Waals surface area contributed by atoms with E-state index in [4.69, 9.17) is 0 Å². The van der Waals surface area contributed by atoms with E-state index in [0.29, 0.717) is 54.7 Å². The molecular weight excluding hydrogens is 491 g/mol. The molecule has 2 aromatic carbocycles. The Hall–Kier alpha value is -3.34. The van der Waals surface area contributed by atoms with Crippen molar-refractivity contribution in [1.82, 2.24) is 25.2 Å². The first-order valence-corrected chi connectivity index (χ1v) is 12.5. The number of alkyl halides is 3. The van der Waals surface area contributed by atoms with Crippen molar-refractivity contribution in [2.24, 2.45) is 11.8 Å². The van der Waals surface area contributed by atoms with E-state index in [9.17, 15) is 22.8 Å². The van der Waals surface area contributed by atoms with E-state index >= 15 is 0 Å². The van der Waals surface area contributed by atoms with Gasteiger partial charge in [0.25, 0.3) is 5.91 Å². The third kappa shape index (κ3) is 5.56. The lowest BCUT2D eigenvalue weighted by atomic mass is 9.92. The topological polar surface area (TPSA) is 82.2 Å². The normalized spacial score (nSPS) is 20.6. The number of carbonyl (C=O) groups excluding carboxylic acids is 2. The van der Waals surface area contributed by atoms with Gasteiger partial charge in [-0.15, -0.1) is 0 Å². The SMILES string of the molecule is O=C(/C=C/c1ccc(SC(F)(F)F)cc1)N1CCC2CN(C(=O)c3ccc4n[nH]nc4c3)CC2CC1. The number of aromatic amines is 1. The second-order valence-electron chi connectivity index (χ2n) is 9.11. The highest BCUT2D eigenvalue weighted by Crippen LogP contribution is 2.37. The second-order valence-corrected chi connectivity index (χ2v) is 10.2. The molecule has 1 aromatic heterocycles. The van der Waals surface area contributed by atoms with Gasteiger partial charge in [0.1, 0.15) is 11.0 Å². The summed E-state index contributed by atoms with van der Waals surface area (Å²) in [5, 5.41) is 10.6. The van der Waals surface area contributed by atoms with Crippen LogP contribution >= 0.6 is 11.8 Å². The van der Waals surface area contributed by atoms with Crippen LogP contribution in [0.3, 0.4) is 0 Å². The molecule has 2 amide bonds. The fourth-order valence-electron chi connectivity index (χ4n) is 4.94. The third-order valence-corrected chi connectivity index (χ3v) is 7.55. The number of H-pyrrole nitrogens is 1. The molecule has 2 unspecified atom stereocenters. The Morgan fingerprint density at radius 3 is 2.28 bits per heavy atom. The molecule has 3 heterocycles. The van der Waals surface area contributed by atoms with Gasteiger partial charge >= 0.3 is 5.51 Å². The summed E-state index contributed by atoms with van der Waals surface area (Å²) in [4.78, 5) is 29.6. The molecule has 2 aliphatic heterocycles. The summed E-state index contributed by atoms with van der Waals surface area (Å²) in [6.07, 6.45) is 4.74. The average Bonchev–Trinajstić information content (AvgIpc) is 3.44. The third-order valence-electron chi connectivity index (χ3n) is 6.81. The molecule has 5 rings (SSSR count). The summed E-state index contributed by atoms with van der Waals surface area (Å²) in [6, 6.07) is 11.2. The number of nitrogens with one attached hydrogen (secondary N) is 1. The van der Waals surface area contributed by atoms with E-state index in [-0.39, 0.29) is 28.5 Å². The van der Waals surface area contributed by atoms with Gasteiger partial charge in [-0.2, -0.15) is 28.6 Å². The smallest absolute Gasteiger partial charge is 0.339 e. The summed E-state index contributed by atoms with van der Waals surface area (Å²) in [7, 11) is 0. The van der Waals surface area contributed by atoms with Crippen LogP contribution in [-0.2, 0) is 4.79 Å². The first kappa shape index (κ1) is 24.4. The molecule has 3 aromatic rings. The van der Waals surface area contributed by atoms with Crippen molar-refractivity contribution >= 4 is 40.7 Å². The highest BCUT2D eigenvalue weighted by atomic mass is 32.2. The zero-order chi connectivity index (χ0) is 25.3. The highest BCUT2D eigenvalue weighted by molar-refractivity contribution is 8.00. The van der Waals surface area contributed by atoms with Crippen LogP contribution in [0, 0.1) is 11.8 Å². The van der Waals surface area contributed by atoms with Crippen LogP contribution in [0.4, 0.5) is 13.2 Å². The molecule has 0 bridgehead atoms. The number of thioether (sulfide) groups is 1. The maximum Gasteiger partial charge on any atom is 0.446 e. The van der Waals surface area contributed by atoms with Crippen molar-refractivity contribution in [2.45, 2.75) is 23.2 Å². The van der Waals surface area contributed by atoms with Crippen molar-refractivity contribution in [3.05, 3.63) is 59.7 Å². The molecule has 0 radical (unpaired) electrons. The molecule has 188 valence electrons. The molecule has 2 atom stereocenters. The Morgan fingerprint density at radius 1 is 0.944 bits per heavy atom. The molecule has 2 aliphatic rings. The minimum absolute atomic E-state index is 0.0107. The molecular formula is C25H24F3N5O2S. The number of halogens is 3. The second kappa shape index (κ2) is 9.96. The number of benzene rings is 2. The van der Waals surface area contributed by atoms with Crippen LogP contribution in [-0.4, -0.2) is 68.7 Å². The molecule has 0 saturated carbocycles. The number of amides is 2. The zero-order valence-corrected chi connectivity index (χ0v) is 20.1. The van der Waals surface area contributed by atoms with Crippen molar-refractivity contribution in [3.63, 3.8) is 0 Å². The summed E-state index contributed by atoms with van der Waals surface area (Å²) < 4.78 is 37.4. The number of fused-ring (bicyclic) bond motifs is 2. The summed E-state index contributed by atoms with van der Waals surface area (Å²) in [5.41, 5.74) is -1.68. The lowest BCUT2D eigenvalue weighted by Gasteiger charge is -2.21. The van der Waals surface area contributed by atoms with E-state index in [1.54, 1.807) is 36.4 Å². The molecule has 1 N–H and O–H groups in total. The van der Waals surface area contributed by atoms with Crippen LogP contribution in [0.15, 0.2) is 53.4 Å². The Bertz CT molecular complexity index is 1270. The number of rotatable bonds is 4. The molecule has 11 heteroatoms. The van der Waals surface area contributed by atoms with Crippen molar-refractivity contribution in [1.29, 1.82) is 0 Å². The van der Waals surface area contributed by atoms with Gasteiger partial charge in [0.2, 0.25) is 5.91 Å². The molecule has 2 saturated heterocycles. The Balaban J connectivity index is 1.15. The Kier molecular flexibility index (Phi) is 6.74. The largest absolute Gasteiger partial charge is 0.446 e. The van der Waals surface area contributed by atoms with Crippen LogP contribution in [0.5, 0.6) is 0 Å². The van der Waals surface area contributed by atoms with Crippen LogP contribution < -0.4 is 0 Å². The molecule has 2 fully saturated rings. The monoisotopic (exact) mass is 515 g/mol. The minimum Gasteiger partial charge on any atom is -0.339 e. The van der Waals surface area contributed by atoms with E-state index in [2.05, 4.69) is 15.4 Å². The molecule has 36 heavy (non-hydrogen) atoms. The lowest BCUT2D eigenvalue weighted by Crippen LogP contribution is -2.33. The van der Waals surface area contributed by atoms with Gasteiger partial charge in [-0.25, -0.2) is 0 Å². The van der Waals surface area contributed by atoms with E-state index in [1.807, 2.05) is 9.80 Å². The summed E-state index contributed by atoms with van der Waals surface area (Å²) in [5.74, 6) is 0.552. The van der Waals surface area contributed by atoms with Crippen LogP contribution in [0.25, 0.3) is 17.1 Å². The highest BCUT2D eigenvalue weighted by Gasteiger charge is 2.37. The minimum atomic E-state index is -4.32. The van der Waals surface area contributed by atoms with Crippen molar-refractivity contribution in [3.8, 4) is 0 Å². The van der Waals surface area contributed by atoms with Gasteiger partial charge in [0, 0.05) is 42.7 Å². The molecule has 0 spiro atoms. The predicted molar refractivity (Wildman–Crippen MR) is 130 cm³/mol. The fraction of sp³-hybridized carbons (Fsp3) is 0.360. The van der Waals surface area contributed by atoms with E-state index < -0.39 is 5.51 Å². The van der Waals surface area contributed by atoms with Gasteiger partial charge in [-0.1, -0.05) is 12.1 Å². The number of hydrogen-bond donors (Lipinski definition) is 1. The summed E-state index contributed by atoms with van der Waals surface area (Å²) >= 11 is -0.162. The summed E-state index contributed by atoms with van der Waals surface area (Å²) in [6.45, 7) is 2.55. The molecule has 7 nitrogen and oxygen atoms in total. The maximum absolute atomic E-state index is 13.1. The van der Waals surface area contributed by atoms with Crippen molar-refractivity contribution in [2.75, 3.05) is 26.2 Å². The number of carbonyl (C=O) groups is 2. The van der Waals surface area contributed by atoms with Gasteiger partial charge in [0.05, 0.1) is 0 Å². The Morgan fingerprint density at radius 2 is 1.61 bits per heavy atom. The number of aromatic nitrogens is 3. The quantitative estimate of drug-likeness (QED) is 0.406. The average molecular weight is 516 g/mol. The van der Waals surface area contributed by atoms with Gasteiger partial charge < -0.3 is 9.80 Å². The van der Waals surface area contributed by atoms with E-state index in [0.717, 1.165) is 18.4 Å². The predicted octanol–water partition coefficient (Wildman–Crippen LogP) is 4.59. The number of likely N-dealkylation sites (tertiary alicyclic amines) is 2. The first-order chi connectivity index (χ1) is 17.2.